The van der Waals surface area contributed by atoms with Crippen LogP contribution in [0.4, 0.5) is 0 Å². The van der Waals surface area contributed by atoms with Crippen LogP contribution in [-0.4, -0.2) is 33.9 Å². The molecule has 0 aliphatic carbocycles. The maximum atomic E-state index is 10.0. The average molecular weight is 295 g/mol. The van der Waals surface area contributed by atoms with Gasteiger partial charge in [0.15, 0.2) is 0 Å². The Morgan fingerprint density at radius 3 is 1.73 bits per heavy atom. The first-order valence-corrected chi connectivity index (χ1v) is 7.31. The van der Waals surface area contributed by atoms with Crippen LogP contribution < -0.4 is 0 Å². The van der Waals surface area contributed by atoms with E-state index in [-0.39, 0.29) is 6.61 Å². The molecule has 0 amide bonds. The minimum absolute atomic E-state index is 0.189. The summed E-state index contributed by atoms with van der Waals surface area (Å²) in [5.41, 5.74) is 2.22. The van der Waals surface area contributed by atoms with E-state index in [4.69, 9.17) is 6.42 Å². The summed E-state index contributed by atoms with van der Waals surface area (Å²) < 4.78 is 0. The quantitative estimate of drug-likeness (QED) is 0.768. The number of rotatable bonds is 7. The van der Waals surface area contributed by atoms with Crippen LogP contribution in [0.3, 0.4) is 0 Å². The molecule has 22 heavy (non-hydrogen) atoms. The zero-order valence-corrected chi connectivity index (χ0v) is 12.5. The second-order valence-electron chi connectivity index (χ2n) is 5.24. The molecular weight excluding hydrogens is 274 g/mol. The van der Waals surface area contributed by atoms with Crippen molar-refractivity contribution in [1.82, 2.24) is 4.90 Å². The number of aliphatic hydroxyl groups is 2. The summed E-state index contributed by atoms with van der Waals surface area (Å²) in [7, 11) is 0. The minimum atomic E-state index is -1.00. The lowest BCUT2D eigenvalue weighted by Crippen LogP contribution is -2.44. The largest absolute Gasteiger partial charge is 0.395 e. The van der Waals surface area contributed by atoms with E-state index < -0.39 is 12.1 Å². The number of benzene rings is 2. The van der Waals surface area contributed by atoms with E-state index in [0.717, 1.165) is 11.1 Å². The van der Waals surface area contributed by atoms with Crippen molar-refractivity contribution in [3.63, 3.8) is 0 Å². The van der Waals surface area contributed by atoms with Gasteiger partial charge >= 0.3 is 0 Å². The first-order chi connectivity index (χ1) is 10.7. The first-order valence-electron chi connectivity index (χ1n) is 7.31. The van der Waals surface area contributed by atoms with Gasteiger partial charge in [-0.25, -0.2) is 0 Å². The number of terminal acetylenes is 1. The summed E-state index contributed by atoms with van der Waals surface area (Å²) in [6, 6.07) is 19.4. The molecule has 0 aliphatic heterocycles. The van der Waals surface area contributed by atoms with Crippen LogP contribution >= 0.6 is 0 Å². The lowest BCUT2D eigenvalue weighted by atomic mass is 10.1. The highest BCUT2D eigenvalue weighted by atomic mass is 16.3. The van der Waals surface area contributed by atoms with Gasteiger partial charge in [-0.1, -0.05) is 66.6 Å². The Bertz CT molecular complexity index is 550. The second-order valence-corrected chi connectivity index (χ2v) is 5.24. The predicted octanol–water partition coefficient (Wildman–Crippen LogP) is 2.04. The number of aliphatic hydroxyl groups excluding tert-OH is 2. The van der Waals surface area contributed by atoms with E-state index in [1.165, 1.54) is 0 Å². The molecule has 2 aromatic rings. The smallest absolute Gasteiger partial charge is 0.132 e. The third kappa shape index (κ3) is 4.44. The van der Waals surface area contributed by atoms with Gasteiger partial charge in [0.25, 0.3) is 0 Å². The predicted molar refractivity (Wildman–Crippen MR) is 87.8 cm³/mol. The molecule has 0 saturated carbocycles. The molecule has 3 heteroatoms. The molecule has 0 saturated heterocycles. The van der Waals surface area contributed by atoms with Crippen LogP contribution in [0, 0.1) is 12.3 Å². The topological polar surface area (TPSA) is 43.7 Å². The van der Waals surface area contributed by atoms with Crippen LogP contribution in [0.25, 0.3) is 0 Å². The molecule has 0 heterocycles. The van der Waals surface area contributed by atoms with Crippen molar-refractivity contribution in [1.29, 1.82) is 0 Å². The molecule has 2 rings (SSSR count). The normalized spacial score (nSPS) is 13.5. The average Bonchev–Trinajstić information content (AvgIpc) is 2.57. The van der Waals surface area contributed by atoms with Crippen LogP contribution in [0.2, 0.25) is 0 Å². The van der Waals surface area contributed by atoms with Gasteiger partial charge in [-0.3, -0.25) is 4.90 Å². The van der Waals surface area contributed by atoms with Gasteiger partial charge in [0.1, 0.15) is 6.10 Å². The van der Waals surface area contributed by atoms with E-state index in [9.17, 15) is 10.2 Å². The Kier molecular flexibility index (Phi) is 6.17. The summed E-state index contributed by atoms with van der Waals surface area (Å²) in [4.78, 5) is 2.01. The number of hydrogen-bond acceptors (Lipinski definition) is 3. The zero-order chi connectivity index (χ0) is 15.8. The van der Waals surface area contributed by atoms with Crippen molar-refractivity contribution in [3.05, 3.63) is 71.8 Å². The first kappa shape index (κ1) is 16.3. The summed E-state index contributed by atoms with van der Waals surface area (Å²) >= 11 is 0. The molecule has 0 fully saturated rings. The Balaban J connectivity index is 2.21. The lowest BCUT2D eigenvalue weighted by molar-refractivity contribution is 0.0341. The molecule has 0 radical (unpaired) electrons. The Morgan fingerprint density at radius 2 is 1.36 bits per heavy atom. The summed E-state index contributed by atoms with van der Waals surface area (Å²) in [6.45, 7) is 1.03. The van der Waals surface area contributed by atoms with Gasteiger partial charge in [0.05, 0.1) is 12.6 Å². The summed E-state index contributed by atoms with van der Waals surface area (Å²) in [5.74, 6) is 2.32. The van der Waals surface area contributed by atoms with E-state index in [1.807, 2.05) is 65.6 Å². The monoisotopic (exact) mass is 295 g/mol. The maximum Gasteiger partial charge on any atom is 0.132 e. The Morgan fingerprint density at radius 1 is 0.909 bits per heavy atom. The van der Waals surface area contributed by atoms with Crippen molar-refractivity contribution in [2.75, 3.05) is 6.61 Å². The number of nitrogens with zero attached hydrogens (tertiary/aromatic N) is 1. The highest BCUT2D eigenvalue weighted by Gasteiger charge is 2.24. The van der Waals surface area contributed by atoms with Crippen molar-refractivity contribution in [3.8, 4) is 12.3 Å². The van der Waals surface area contributed by atoms with Crippen molar-refractivity contribution < 1.29 is 10.2 Å². The van der Waals surface area contributed by atoms with Gasteiger partial charge in [0, 0.05) is 13.1 Å². The molecular formula is C19H21NO2. The molecule has 0 unspecified atom stereocenters. The van der Waals surface area contributed by atoms with E-state index in [2.05, 4.69) is 5.92 Å². The van der Waals surface area contributed by atoms with Crippen molar-refractivity contribution in [2.45, 2.75) is 25.2 Å². The van der Waals surface area contributed by atoms with Crippen LogP contribution in [0.5, 0.6) is 0 Å². The maximum absolute atomic E-state index is 10.0. The molecule has 114 valence electrons. The molecule has 0 aliphatic rings. The highest BCUT2D eigenvalue weighted by Crippen LogP contribution is 2.15. The molecule has 2 atom stereocenters. The van der Waals surface area contributed by atoms with Gasteiger partial charge in [-0.05, 0) is 11.1 Å². The molecule has 0 spiro atoms. The van der Waals surface area contributed by atoms with Gasteiger partial charge in [-0.2, -0.15) is 0 Å². The van der Waals surface area contributed by atoms with Crippen molar-refractivity contribution in [2.24, 2.45) is 0 Å². The molecule has 2 aromatic carbocycles. The van der Waals surface area contributed by atoms with Gasteiger partial charge in [0.2, 0.25) is 0 Å². The van der Waals surface area contributed by atoms with Crippen LogP contribution in [0.15, 0.2) is 60.7 Å². The minimum Gasteiger partial charge on any atom is -0.395 e. The fourth-order valence-corrected chi connectivity index (χ4v) is 2.45. The number of hydrogen-bond donors (Lipinski definition) is 2. The van der Waals surface area contributed by atoms with E-state index in [0.29, 0.717) is 13.1 Å². The highest BCUT2D eigenvalue weighted by molar-refractivity contribution is 5.18. The molecule has 0 bridgehead atoms. The molecule has 0 aromatic heterocycles. The fourth-order valence-electron chi connectivity index (χ4n) is 2.45. The van der Waals surface area contributed by atoms with Crippen LogP contribution in [-0.2, 0) is 13.1 Å². The standard InChI is InChI=1S/C19H21NO2/c1-2-19(22)18(15-21)20(13-16-9-5-3-6-10-16)14-17-11-7-4-8-12-17/h1,3-12,18-19,21-22H,13-15H2/t18-,19+/m0/s1. The van der Waals surface area contributed by atoms with E-state index in [1.54, 1.807) is 0 Å². The Labute approximate surface area is 131 Å². The zero-order valence-electron chi connectivity index (χ0n) is 12.5. The summed E-state index contributed by atoms with van der Waals surface area (Å²) in [5, 5.41) is 19.7. The lowest BCUT2D eigenvalue weighted by Gasteiger charge is -2.32. The molecule has 2 N–H and O–H groups in total. The van der Waals surface area contributed by atoms with Gasteiger partial charge < -0.3 is 10.2 Å². The Hall–Kier alpha value is -2.12. The summed E-state index contributed by atoms with van der Waals surface area (Å²) in [6.07, 6.45) is 4.33. The third-order valence-corrected chi connectivity index (χ3v) is 3.65. The van der Waals surface area contributed by atoms with Crippen molar-refractivity contribution >= 4 is 0 Å². The second kappa shape index (κ2) is 8.35. The van der Waals surface area contributed by atoms with Gasteiger partial charge in [-0.15, -0.1) is 6.42 Å². The SMILES string of the molecule is C#C[C@@H](O)[C@H](CO)N(Cc1ccccc1)Cc1ccccc1. The fraction of sp³-hybridized carbons (Fsp3) is 0.263. The van der Waals surface area contributed by atoms with Crippen LogP contribution in [0.1, 0.15) is 11.1 Å². The third-order valence-electron chi connectivity index (χ3n) is 3.65. The van der Waals surface area contributed by atoms with E-state index >= 15 is 0 Å². The molecule has 3 nitrogen and oxygen atoms in total.